The first kappa shape index (κ1) is 31.8. The summed E-state index contributed by atoms with van der Waals surface area (Å²) < 4.78 is 5.69. The number of carbonyl (C=O) groups is 3. The Kier molecular flexibility index (Phi) is 12.7. The number of hydrogen-bond donors (Lipinski definition) is 4. The largest absolute Gasteiger partial charge is 0.447 e. The van der Waals surface area contributed by atoms with Gasteiger partial charge in [0, 0.05) is 56.0 Å². The van der Waals surface area contributed by atoms with E-state index in [-0.39, 0.29) is 31.4 Å². The summed E-state index contributed by atoms with van der Waals surface area (Å²) >= 11 is 0. The van der Waals surface area contributed by atoms with Gasteiger partial charge in [0.2, 0.25) is 0 Å². The first-order valence-electron chi connectivity index (χ1n) is 14.7. The standard InChI is InChI=1S/C33H40N5O5/c39-22-18-34-16-17-36-32(41)28-13-9-12-27(24-28)31(40)25-35-19-23-43-33(42)38(37-20-7-2-8-21-37)30-15-6-5-14-29(30)26-10-3-1-4-11-26/h1-6,9-15,24,34-35,39H,7-8,16-23,25H2,(H,36,41). The Bertz CT molecular complexity index is 1330. The van der Waals surface area contributed by atoms with E-state index in [1.807, 2.05) is 59.6 Å². The van der Waals surface area contributed by atoms with Gasteiger partial charge in [-0.05, 0) is 43.0 Å². The molecule has 0 unspecified atom stereocenters. The van der Waals surface area contributed by atoms with Gasteiger partial charge in [-0.3, -0.25) is 9.59 Å². The summed E-state index contributed by atoms with van der Waals surface area (Å²) in [5.41, 5.74) is 3.52. The number of anilines is 1. The lowest BCUT2D eigenvalue weighted by Gasteiger charge is -2.37. The zero-order valence-electron chi connectivity index (χ0n) is 24.3. The predicted octanol–water partition coefficient (Wildman–Crippen LogP) is 3.30. The molecule has 0 aromatic heterocycles. The molecule has 0 spiro atoms. The average Bonchev–Trinajstić information content (AvgIpc) is 3.05. The zero-order valence-corrected chi connectivity index (χ0v) is 24.3. The minimum atomic E-state index is -0.469. The van der Waals surface area contributed by atoms with Crippen LogP contribution < -0.4 is 21.0 Å². The van der Waals surface area contributed by atoms with Crippen LogP contribution in [0.1, 0.15) is 33.6 Å². The average molecular weight is 587 g/mol. The van der Waals surface area contributed by atoms with Gasteiger partial charge in [-0.2, -0.15) is 0 Å². The van der Waals surface area contributed by atoms with Crippen molar-refractivity contribution in [1.82, 2.24) is 21.0 Å². The monoisotopic (exact) mass is 586 g/mol. The third kappa shape index (κ3) is 9.45. The second-order valence-electron chi connectivity index (χ2n) is 10.0. The Morgan fingerprint density at radius 1 is 0.814 bits per heavy atom. The van der Waals surface area contributed by atoms with Crippen molar-refractivity contribution in [2.45, 2.75) is 12.8 Å². The van der Waals surface area contributed by atoms with Gasteiger partial charge in [-0.25, -0.2) is 14.8 Å². The van der Waals surface area contributed by atoms with E-state index in [0.29, 0.717) is 50.4 Å². The van der Waals surface area contributed by atoms with Crippen molar-refractivity contribution in [3.8, 4) is 11.1 Å². The number of nitrogens with one attached hydrogen (secondary N) is 3. The fourth-order valence-electron chi connectivity index (χ4n) is 4.80. The lowest BCUT2D eigenvalue weighted by Crippen LogP contribution is -2.50. The molecule has 1 heterocycles. The second kappa shape index (κ2) is 17.1. The summed E-state index contributed by atoms with van der Waals surface area (Å²) in [6.07, 6.45) is 3.52. The van der Waals surface area contributed by atoms with Crippen molar-refractivity contribution in [2.75, 3.05) is 64.0 Å². The van der Waals surface area contributed by atoms with Crippen LogP contribution in [0.25, 0.3) is 11.1 Å². The number of hydrogen-bond acceptors (Lipinski definition) is 8. The molecule has 4 rings (SSSR count). The van der Waals surface area contributed by atoms with E-state index >= 15 is 0 Å². The maximum Gasteiger partial charge on any atom is 0.429 e. The number of ether oxygens (including phenoxy) is 1. The molecule has 1 fully saturated rings. The topological polar surface area (TPSA) is 123 Å². The van der Waals surface area contributed by atoms with Crippen molar-refractivity contribution in [1.29, 1.82) is 0 Å². The number of carbonyl (C=O) groups excluding carboxylic acids is 3. The molecule has 43 heavy (non-hydrogen) atoms. The van der Waals surface area contributed by atoms with Crippen LogP contribution in [-0.2, 0) is 4.74 Å². The number of aliphatic hydroxyl groups is 1. The zero-order chi connectivity index (χ0) is 30.3. The summed E-state index contributed by atoms with van der Waals surface area (Å²) in [7, 11) is 0. The van der Waals surface area contributed by atoms with Crippen molar-refractivity contribution >= 4 is 23.5 Å². The molecule has 1 aliphatic rings. The van der Waals surface area contributed by atoms with E-state index in [1.54, 1.807) is 29.3 Å². The second-order valence-corrected chi connectivity index (χ2v) is 10.0. The molecule has 1 saturated heterocycles. The predicted molar refractivity (Wildman–Crippen MR) is 167 cm³/mol. The van der Waals surface area contributed by atoms with Crippen LogP contribution in [-0.4, -0.2) is 86.9 Å². The Hall–Kier alpha value is -4.09. The van der Waals surface area contributed by atoms with E-state index in [0.717, 1.165) is 29.7 Å². The van der Waals surface area contributed by atoms with Crippen molar-refractivity contribution in [3.05, 3.63) is 96.4 Å². The van der Waals surface area contributed by atoms with Crippen LogP contribution in [0.4, 0.5) is 10.5 Å². The molecule has 0 saturated carbocycles. The molecule has 1 aliphatic heterocycles. The lowest BCUT2D eigenvalue weighted by molar-refractivity contribution is 0.0953. The number of rotatable bonds is 15. The maximum absolute atomic E-state index is 13.5. The Labute approximate surface area is 253 Å². The smallest absolute Gasteiger partial charge is 0.429 e. The number of piperidine rings is 1. The van der Waals surface area contributed by atoms with Crippen LogP contribution in [0, 0.1) is 6.42 Å². The number of amides is 2. The molecule has 10 nitrogen and oxygen atoms in total. The normalized spacial score (nSPS) is 13.3. The van der Waals surface area contributed by atoms with Crippen LogP contribution in [0.5, 0.6) is 0 Å². The third-order valence-electron chi connectivity index (χ3n) is 6.97. The molecule has 0 bridgehead atoms. The molecule has 0 aliphatic carbocycles. The number of Topliss-reactive ketones (excluding diaryl/α,β-unsaturated/α-hetero) is 1. The van der Waals surface area contributed by atoms with E-state index in [4.69, 9.17) is 9.84 Å². The van der Waals surface area contributed by atoms with Gasteiger partial charge >= 0.3 is 6.09 Å². The number of para-hydroxylation sites is 1. The van der Waals surface area contributed by atoms with Crippen molar-refractivity contribution in [2.24, 2.45) is 0 Å². The molecule has 2 amide bonds. The van der Waals surface area contributed by atoms with Gasteiger partial charge in [0.25, 0.3) is 5.91 Å². The van der Waals surface area contributed by atoms with E-state index in [2.05, 4.69) is 22.4 Å². The highest BCUT2D eigenvalue weighted by molar-refractivity contribution is 6.01. The first-order chi connectivity index (χ1) is 21.1. The number of hydrazine groups is 1. The van der Waals surface area contributed by atoms with E-state index < -0.39 is 6.09 Å². The van der Waals surface area contributed by atoms with Gasteiger partial charge in [0.05, 0.1) is 18.8 Å². The Balaban J connectivity index is 1.30. The minimum absolute atomic E-state index is 0.0356. The summed E-state index contributed by atoms with van der Waals surface area (Å²) in [4.78, 5) is 38.7. The van der Waals surface area contributed by atoms with Crippen LogP contribution in [0.2, 0.25) is 0 Å². The van der Waals surface area contributed by atoms with Crippen LogP contribution in [0.15, 0.2) is 78.9 Å². The van der Waals surface area contributed by atoms with Crippen LogP contribution in [0.3, 0.4) is 0 Å². The highest BCUT2D eigenvalue weighted by Crippen LogP contribution is 2.33. The third-order valence-corrected chi connectivity index (χ3v) is 6.97. The van der Waals surface area contributed by atoms with E-state index in [1.165, 1.54) is 0 Å². The molecule has 1 radical (unpaired) electrons. The molecular formula is C33H40N5O5. The van der Waals surface area contributed by atoms with Gasteiger partial charge in [-0.1, -0.05) is 60.7 Å². The maximum atomic E-state index is 13.5. The van der Waals surface area contributed by atoms with Gasteiger partial charge in [0.15, 0.2) is 5.78 Å². The van der Waals surface area contributed by atoms with Crippen molar-refractivity contribution in [3.63, 3.8) is 0 Å². The fraction of sp³-hybridized carbons (Fsp3) is 0.333. The first-order valence-corrected chi connectivity index (χ1v) is 14.7. The molecule has 3 aromatic carbocycles. The number of nitrogens with zero attached hydrogens (tertiary/aromatic N) is 2. The van der Waals surface area contributed by atoms with E-state index in [9.17, 15) is 14.4 Å². The fourth-order valence-corrected chi connectivity index (χ4v) is 4.80. The summed E-state index contributed by atoms with van der Waals surface area (Å²) in [6, 6.07) is 24.3. The molecule has 0 atom stereocenters. The molecule has 3 aromatic rings. The lowest BCUT2D eigenvalue weighted by atomic mass is 10.0. The number of ketones is 1. The number of benzene rings is 3. The van der Waals surface area contributed by atoms with Gasteiger partial charge in [-0.15, -0.1) is 0 Å². The van der Waals surface area contributed by atoms with Gasteiger partial charge in [0.1, 0.15) is 6.61 Å². The summed E-state index contributed by atoms with van der Waals surface area (Å²) in [6.45, 7) is 3.28. The molecule has 227 valence electrons. The van der Waals surface area contributed by atoms with Crippen LogP contribution >= 0.6 is 0 Å². The Morgan fingerprint density at radius 2 is 1.56 bits per heavy atom. The summed E-state index contributed by atoms with van der Waals surface area (Å²) in [5.74, 6) is -0.445. The van der Waals surface area contributed by atoms with Crippen molar-refractivity contribution < 1.29 is 24.2 Å². The molecular weight excluding hydrogens is 546 g/mol. The Morgan fingerprint density at radius 3 is 2.35 bits per heavy atom. The molecule has 10 heteroatoms. The SMILES string of the molecule is O=C(CNCCOC(=O)N(c1ccccc1-c1ccccc1)N1CC[CH]CC1)c1cccc(C(=O)NCCNCCO)c1. The van der Waals surface area contributed by atoms with Gasteiger partial charge < -0.3 is 25.8 Å². The quantitative estimate of drug-likeness (QED) is 0.158. The highest BCUT2D eigenvalue weighted by atomic mass is 16.6. The minimum Gasteiger partial charge on any atom is -0.447 e. The summed E-state index contributed by atoms with van der Waals surface area (Å²) in [5, 5.41) is 21.3. The highest BCUT2D eigenvalue weighted by Gasteiger charge is 2.28. The molecule has 4 N–H and O–H groups in total. The number of aliphatic hydroxyl groups excluding tert-OH is 1.